The Morgan fingerprint density at radius 3 is 1.50 bits per heavy atom. The third-order valence-electron chi connectivity index (χ3n) is 5.87. The van der Waals surface area contributed by atoms with Gasteiger partial charge < -0.3 is 9.80 Å². The SMILES string of the molecule is O=S1(=O)CC2SC(=S)N(CCCCCCN3C(=S)SC4CS(=O)(=O)CC43)C2C1. The van der Waals surface area contributed by atoms with Crippen LogP contribution < -0.4 is 0 Å². The zero-order chi connectivity index (χ0) is 20.1. The van der Waals surface area contributed by atoms with Gasteiger partial charge in [0, 0.05) is 23.6 Å². The van der Waals surface area contributed by atoms with E-state index in [1.165, 1.54) is 0 Å². The summed E-state index contributed by atoms with van der Waals surface area (Å²) in [5.41, 5.74) is 0. The van der Waals surface area contributed by atoms with Gasteiger partial charge in [0.2, 0.25) is 0 Å². The number of thiocarbonyl (C=S) groups is 2. The minimum Gasteiger partial charge on any atom is -0.352 e. The smallest absolute Gasteiger partial charge is 0.153 e. The lowest BCUT2D eigenvalue weighted by Gasteiger charge is -2.25. The van der Waals surface area contributed by atoms with E-state index in [2.05, 4.69) is 9.80 Å². The Balaban J connectivity index is 1.18. The molecule has 0 spiro atoms. The fourth-order valence-corrected chi connectivity index (χ4v) is 13.3. The Morgan fingerprint density at radius 2 is 1.11 bits per heavy atom. The van der Waals surface area contributed by atoms with Crippen LogP contribution in [0.4, 0.5) is 0 Å². The van der Waals surface area contributed by atoms with E-state index in [-0.39, 0.29) is 45.6 Å². The van der Waals surface area contributed by atoms with Crippen LogP contribution in [-0.4, -0.2) is 94.0 Å². The Kier molecular flexibility index (Phi) is 6.28. The van der Waals surface area contributed by atoms with Crippen molar-refractivity contribution in [2.45, 2.75) is 48.3 Å². The van der Waals surface area contributed by atoms with Crippen LogP contribution >= 0.6 is 48.0 Å². The molecular weight excluding hydrogens is 477 g/mol. The van der Waals surface area contributed by atoms with Crippen molar-refractivity contribution in [2.24, 2.45) is 0 Å². The standard InChI is InChI=1S/C16H24N2O4S6/c19-27(20)7-11-13(9-27)25-15(23)17(11)5-3-1-2-4-6-18-12-8-28(21,22)10-14(12)26-16(18)24/h11-14H,1-10H2. The molecule has 0 bridgehead atoms. The van der Waals surface area contributed by atoms with Crippen molar-refractivity contribution in [3.8, 4) is 0 Å². The van der Waals surface area contributed by atoms with Gasteiger partial charge in [0.1, 0.15) is 8.64 Å². The van der Waals surface area contributed by atoms with Gasteiger partial charge in [-0.15, -0.1) is 0 Å². The van der Waals surface area contributed by atoms with E-state index in [1.807, 2.05) is 0 Å². The van der Waals surface area contributed by atoms with Crippen molar-refractivity contribution in [2.75, 3.05) is 36.1 Å². The van der Waals surface area contributed by atoms with Crippen LogP contribution in [0.5, 0.6) is 0 Å². The van der Waals surface area contributed by atoms with E-state index in [1.54, 1.807) is 23.5 Å². The first-order chi connectivity index (χ1) is 13.2. The molecule has 4 aliphatic heterocycles. The van der Waals surface area contributed by atoms with Gasteiger partial charge in [-0.3, -0.25) is 0 Å². The zero-order valence-electron chi connectivity index (χ0n) is 15.4. The minimum absolute atomic E-state index is 0.0581. The van der Waals surface area contributed by atoms with Crippen LogP contribution in [0.3, 0.4) is 0 Å². The summed E-state index contributed by atoms with van der Waals surface area (Å²) in [6.07, 6.45) is 4.08. The third kappa shape index (κ3) is 4.51. The molecule has 158 valence electrons. The average molecular weight is 501 g/mol. The molecule has 0 N–H and O–H groups in total. The first kappa shape index (κ1) is 21.6. The van der Waals surface area contributed by atoms with E-state index in [0.717, 1.165) is 47.4 Å². The molecule has 0 aromatic heterocycles. The maximum absolute atomic E-state index is 11.8. The maximum atomic E-state index is 11.8. The molecule has 28 heavy (non-hydrogen) atoms. The molecule has 4 atom stereocenters. The van der Waals surface area contributed by atoms with Gasteiger partial charge in [0.25, 0.3) is 0 Å². The monoisotopic (exact) mass is 500 g/mol. The molecule has 4 aliphatic rings. The van der Waals surface area contributed by atoms with Crippen molar-refractivity contribution in [3.63, 3.8) is 0 Å². The van der Waals surface area contributed by atoms with Gasteiger partial charge in [0.05, 0.1) is 35.1 Å². The summed E-state index contributed by atoms with van der Waals surface area (Å²) in [5, 5.41) is 0.226. The van der Waals surface area contributed by atoms with Crippen molar-refractivity contribution in [1.29, 1.82) is 0 Å². The molecule has 0 amide bonds. The summed E-state index contributed by atoms with van der Waals surface area (Å²) in [4.78, 5) is 4.24. The Bertz CT molecular complexity index is 802. The summed E-state index contributed by atoms with van der Waals surface area (Å²) in [6.45, 7) is 1.65. The molecule has 6 nitrogen and oxygen atoms in total. The van der Waals surface area contributed by atoms with E-state index >= 15 is 0 Å². The number of sulfone groups is 2. The van der Waals surface area contributed by atoms with Crippen LogP contribution in [0.25, 0.3) is 0 Å². The summed E-state index contributed by atoms with van der Waals surface area (Å²) < 4.78 is 49.1. The molecular formula is C16H24N2O4S6. The number of nitrogens with zero attached hydrogens (tertiary/aromatic N) is 2. The zero-order valence-corrected chi connectivity index (χ0v) is 20.3. The Morgan fingerprint density at radius 1 is 0.714 bits per heavy atom. The highest BCUT2D eigenvalue weighted by Crippen LogP contribution is 2.39. The lowest BCUT2D eigenvalue weighted by Crippen LogP contribution is -2.37. The number of hydrogen-bond acceptors (Lipinski definition) is 8. The van der Waals surface area contributed by atoms with Crippen LogP contribution in [0, 0.1) is 0 Å². The highest BCUT2D eigenvalue weighted by molar-refractivity contribution is 8.24. The summed E-state index contributed by atoms with van der Waals surface area (Å²) in [6, 6.07) is 0.116. The molecule has 12 heteroatoms. The number of unbranched alkanes of at least 4 members (excludes halogenated alkanes) is 3. The predicted molar refractivity (Wildman–Crippen MR) is 125 cm³/mol. The number of hydrogen-bond donors (Lipinski definition) is 0. The van der Waals surface area contributed by atoms with Crippen molar-refractivity contribution in [1.82, 2.24) is 9.80 Å². The summed E-state index contributed by atoms with van der Waals surface area (Å²) in [7, 11) is -5.83. The van der Waals surface area contributed by atoms with Crippen molar-refractivity contribution in [3.05, 3.63) is 0 Å². The number of fused-ring (bicyclic) bond motifs is 2. The number of thioether (sulfide) groups is 2. The molecule has 4 heterocycles. The number of rotatable bonds is 7. The van der Waals surface area contributed by atoms with Gasteiger partial charge >= 0.3 is 0 Å². The first-order valence-corrected chi connectivity index (χ1v) is 15.7. The molecule has 4 unspecified atom stereocenters. The molecule has 4 rings (SSSR count). The molecule has 4 fully saturated rings. The maximum Gasteiger partial charge on any atom is 0.153 e. The van der Waals surface area contributed by atoms with Gasteiger partial charge in [0.15, 0.2) is 19.7 Å². The molecule has 0 radical (unpaired) electrons. The molecule has 0 aromatic rings. The van der Waals surface area contributed by atoms with E-state index in [0.29, 0.717) is 0 Å². The summed E-state index contributed by atoms with van der Waals surface area (Å²) >= 11 is 14.0. The van der Waals surface area contributed by atoms with Gasteiger partial charge in [-0.05, 0) is 12.8 Å². The highest BCUT2D eigenvalue weighted by atomic mass is 32.2. The van der Waals surface area contributed by atoms with E-state index in [9.17, 15) is 16.8 Å². The highest BCUT2D eigenvalue weighted by Gasteiger charge is 2.48. The normalized spacial score (nSPS) is 35.6. The predicted octanol–water partition coefficient (Wildman–Crippen LogP) is 1.55. The van der Waals surface area contributed by atoms with Crippen LogP contribution in [0.15, 0.2) is 0 Å². The molecule has 4 saturated heterocycles. The lowest BCUT2D eigenvalue weighted by atomic mass is 10.1. The van der Waals surface area contributed by atoms with Gasteiger partial charge in [-0.1, -0.05) is 60.8 Å². The Labute approximate surface area is 186 Å². The fourth-order valence-electron chi connectivity index (χ4n) is 4.50. The largest absolute Gasteiger partial charge is 0.352 e. The molecule has 0 aromatic carbocycles. The quantitative estimate of drug-likeness (QED) is 0.380. The molecule has 0 saturated carbocycles. The molecule has 0 aliphatic carbocycles. The Hall–Kier alpha value is 0.380. The fraction of sp³-hybridized carbons (Fsp3) is 0.875. The van der Waals surface area contributed by atoms with Crippen molar-refractivity contribution >= 4 is 76.3 Å². The lowest BCUT2D eigenvalue weighted by molar-refractivity contribution is 0.336. The van der Waals surface area contributed by atoms with E-state index < -0.39 is 19.7 Å². The van der Waals surface area contributed by atoms with Gasteiger partial charge in [-0.25, -0.2) is 16.8 Å². The van der Waals surface area contributed by atoms with Crippen LogP contribution in [0.1, 0.15) is 25.7 Å². The second-order valence-electron chi connectivity index (χ2n) is 7.93. The van der Waals surface area contributed by atoms with E-state index in [4.69, 9.17) is 24.4 Å². The second kappa shape index (κ2) is 8.14. The first-order valence-electron chi connectivity index (χ1n) is 9.50. The van der Waals surface area contributed by atoms with Crippen molar-refractivity contribution < 1.29 is 16.8 Å². The van der Waals surface area contributed by atoms with Gasteiger partial charge in [-0.2, -0.15) is 0 Å². The minimum atomic E-state index is -2.92. The summed E-state index contributed by atoms with van der Waals surface area (Å²) in [5.74, 6) is 0.982. The average Bonchev–Trinajstić information content (AvgIpc) is 3.20. The van der Waals surface area contributed by atoms with Crippen LogP contribution in [-0.2, 0) is 19.7 Å². The second-order valence-corrected chi connectivity index (χ2v) is 16.0. The van der Waals surface area contributed by atoms with Crippen LogP contribution in [0.2, 0.25) is 0 Å². The third-order valence-corrected chi connectivity index (χ3v) is 13.2. The topological polar surface area (TPSA) is 74.8 Å².